The van der Waals surface area contributed by atoms with Crippen LogP contribution < -0.4 is 0 Å². The minimum absolute atomic E-state index is 0.132. The number of carbonyl (C=O) groups excluding carboxylic acids is 2. The third-order valence-corrected chi connectivity index (χ3v) is 3.24. The Labute approximate surface area is 116 Å². The minimum atomic E-state index is -0.223. The predicted molar refractivity (Wildman–Crippen MR) is 76.9 cm³/mol. The molecule has 20 heavy (non-hydrogen) atoms. The molecule has 0 heterocycles. The molecule has 1 aliphatic rings. The lowest BCUT2D eigenvalue weighted by atomic mass is 9.90. The molecule has 0 unspecified atom stereocenters. The van der Waals surface area contributed by atoms with E-state index in [0.717, 1.165) is 10.8 Å². The third-order valence-electron chi connectivity index (χ3n) is 3.24. The van der Waals surface area contributed by atoms with E-state index in [0.29, 0.717) is 11.1 Å². The molecule has 100 valence electrons. The number of fused-ring (bicyclic) bond motifs is 2. The van der Waals surface area contributed by atoms with E-state index in [1.165, 1.54) is 6.08 Å². The standard InChI is InChI=1S/C17H14O3/c1-10(2)20-16-9-15(18)13-7-11-5-3-4-6-12(11)8-14(13)17(16)19/h3-10H,1-2H3. The normalized spacial score (nSPS) is 14.4. The Balaban J connectivity index is 2.16. The van der Waals surface area contributed by atoms with Gasteiger partial charge in [-0.15, -0.1) is 0 Å². The van der Waals surface area contributed by atoms with Crippen LogP contribution in [0.15, 0.2) is 48.2 Å². The summed E-state index contributed by atoms with van der Waals surface area (Å²) in [5.74, 6) is -0.271. The third kappa shape index (κ3) is 2.01. The van der Waals surface area contributed by atoms with Gasteiger partial charge in [-0.2, -0.15) is 0 Å². The van der Waals surface area contributed by atoms with Crippen molar-refractivity contribution >= 4 is 22.3 Å². The van der Waals surface area contributed by atoms with Crippen molar-refractivity contribution in [3.63, 3.8) is 0 Å². The fourth-order valence-electron chi connectivity index (χ4n) is 2.37. The van der Waals surface area contributed by atoms with Crippen LogP contribution in [0.2, 0.25) is 0 Å². The Morgan fingerprint density at radius 3 is 2.15 bits per heavy atom. The van der Waals surface area contributed by atoms with Crippen molar-refractivity contribution in [1.29, 1.82) is 0 Å². The van der Waals surface area contributed by atoms with Crippen LogP contribution in [0.3, 0.4) is 0 Å². The van der Waals surface area contributed by atoms with E-state index in [1.807, 2.05) is 38.1 Å². The number of hydrogen-bond acceptors (Lipinski definition) is 3. The number of rotatable bonds is 2. The first kappa shape index (κ1) is 12.6. The van der Waals surface area contributed by atoms with Crippen LogP contribution in [0.25, 0.3) is 10.8 Å². The first-order valence-corrected chi connectivity index (χ1v) is 6.56. The predicted octanol–water partition coefficient (Wildman–Crippen LogP) is 3.53. The summed E-state index contributed by atoms with van der Waals surface area (Å²) in [6.07, 6.45) is 1.15. The molecule has 0 bridgehead atoms. The summed E-state index contributed by atoms with van der Waals surface area (Å²) >= 11 is 0. The van der Waals surface area contributed by atoms with Gasteiger partial charge in [0, 0.05) is 17.2 Å². The Hall–Kier alpha value is -2.42. The van der Waals surface area contributed by atoms with Crippen LogP contribution in [0.4, 0.5) is 0 Å². The maximum atomic E-state index is 12.4. The highest BCUT2D eigenvalue weighted by Gasteiger charge is 2.27. The van der Waals surface area contributed by atoms with Gasteiger partial charge < -0.3 is 4.74 Å². The molecule has 0 saturated heterocycles. The van der Waals surface area contributed by atoms with Gasteiger partial charge in [0.15, 0.2) is 11.5 Å². The van der Waals surface area contributed by atoms with Crippen LogP contribution >= 0.6 is 0 Å². The molecule has 2 aromatic rings. The number of Topliss-reactive ketones (excluding diaryl/α,β-unsaturated/α-hetero) is 1. The highest BCUT2D eigenvalue weighted by Crippen LogP contribution is 2.27. The molecule has 0 aromatic heterocycles. The monoisotopic (exact) mass is 266 g/mol. The van der Waals surface area contributed by atoms with E-state index in [2.05, 4.69) is 0 Å². The van der Waals surface area contributed by atoms with E-state index in [4.69, 9.17) is 4.74 Å². The zero-order valence-corrected chi connectivity index (χ0v) is 11.3. The number of carbonyl (C=O) groups is 2. The van der Waals surface area contributed by atoms with Crippen molar-refractivity contribution in [1.82, 2.24) is 0 Å². The summed E-state index contributed by atoms with van der Waals surface area (Å²) in [6, 6.07) is 11.2. The van der Waals surface area contributed by atoms with Crippen LogP contribution in [0.1, 0.15) is 34.6 Å². The second-order valence-electron chi connectivity index (χ2n) is 5.11. The molecule has 3 nitrogen and oxygen atoms in total. The van der Waals surface area contributed by atoms with Gasteiger partial charge in [-0.3, -0.25) is 9.59 Å². The van der Waals surface area contributed by atoms with Crippen LogP contribution in [0, 0.1) is 0 Å². The lowest BCUT2D eigenvalue weighted by Crippen LogP contribution is -2.20. The number of allylic oxidation sites excluding steroid dienone is 2. The number of benzene rings is 2. The fourth-order valence-corrected chi connectivity index (χ4v) is 2.37. The van der Waals surface area contributed by atoms with E-state index >= 15 is 0 Å². The Morgan fingerprint density at radius 1 is 0.950 bits per heavy atom. The number of hydrogen-bond donors (Lipinski definition) is 0. The fraction of sp³-hybridized carbons (Fsp3) is 0.176. The van der Waals surface area contributed by atoms with Crippen molar-refractivity contribution < 1.29 is 14.3 Å². The zero-order chi connectivity index (χ0) is 14.3. The SMILES string of the molecule is CC(C)OC1=CC(=O)c2cc3ccccc3cc2C1=O. The van der Waals surface area contributed by atoms with E-state index < -0.39 is 0 Å². The van der Waals surface area contributed by atoms with E-state index in [9.17, 15) is 9.59 Å². The molecule has 1 aliphatic carbocycles. The van der Waals surface area contributed by atoms with Gasteiger partial charge in [0.05, 0.1) is 6.10 Å². The second-order valence-corrected chi connectivity index (χ2v) is 5.11. The molecule has 0 amide bonds. The Morgan fingerprint density at radius 2 is 1.55 bits per heavy atom. The van der Waals surface area contributed by atoms with Gasteiger partial charge in [-0.05, 0) is 36.8 Å². The molecule has 3 heteroatoms. The smallest absolute Gasteiger partial charge is 0.228 e. The molecule has 3 rings (SSSR count). The van der Waals surface area contributed by atoms with Crippen LogP contribution in [-0.4, -0.2) is 17.7 Å². The van der Waals surface area contributed by atoms with Gasteiger partial charge in [-0.25, -0.2) is 0 Å². The minimum Gasteiger partial charge on any atom is -0.487 e. The molecule has 0 saturated carbocycles. The summed E-state index contributed by atoms with van der Waals surface area (Å²) in [5.41, 5.74) is 0.872. The molecule has 2 aromatic carbocycles. The lowest BCUT2D eigenvalue weighted by Gasteiger charge is -2.18. The highest BCUT2D eigenvalue weighted by atomic mass is 16.5. The van der Waals surface area contributed by atoms with Crippen molar-refractivity contribution in [2.75, 3.05) is 0 Å². The van der Waals surface area contributed by atoms with Crippen molar-refractivity contribution in [3.8, 4) is 0 Å². The molecular formula is C17H14O3. The quantitative estimate of drug-likeness (QED) is 0.835. The molecular weight excluding hydrogens is 252 g/mol. The first-order valence-electron chi connectivity index (χ1n) is 6.56. The Bertz CT molecular complexity index is 754. The van der Waals surface area contributed by atoms with E-state index in [1.54, 1.807) is 12.1 Å². The zero-order valence-electron chi connectivity index (χ0n) is 11.3. The number of ether oxygens (including phenoxy) is 1. The van der Waals surface area contributed by atoms with Crippen LogP contribution in [-0.2, 0) is 4.74 Å². The lowest BCUT2D eigenvalue weighted by molar-refractivity contribution is 0.0811. The number of ketones is 2. The molecule has 0 N–H and O–H groups in total. The van der Waals surface area contributed by atoms with Gasteiger partial charge >= 0.3 is 0 Å². The summed E-state index contributed by atoms with van der Waals surface area (Å²) in [7, 11) is 0. The maximum Gasteiger partial charge on any atom is 0.228 e. The van der Waals surface area contributed by atoms with Gasteiger partial charge in [0.2, 0.25) is 5.78 Å². The molecule has 0 radical (unpaired) electrons. The topological polar surface area (TPSA) is 43.4 Å². The summed E-state index contributed by atoms with van der Waals surface area (Å²) < 4.78 is 5.43. The molecule has 0 atom stereocenters. The van der Waals surface area contributed by atoms with Crippen molar-refractivity contribution in [2.24, 2.45) is 0 Å². The summed E-state index contributed by atoms with van der Waals surface area (Å²) in [4.78, 5) is 24.6. The summed E-state index contributed by atoms with van der Waals surface area (Å²) in [6.45, 7) is 3.66. The largest absolute Gasteiger partial charge is 0.487 e. The van der Waals surface area contributed by atoms with E-state index in [-0.39, 0.29) is 23.4 Å². The molecule has 0 spiro atoms. The average Bonchev–Trinajstić information content (AvgIpc) is 2.42. The van der Waals surface area contributed by atoms with Gasteiger partial charge in [-0.1, -0.05) is 24.3 Å². The van der Waals surface area contributed by atoms with Gasteiger partial charge in [0.1, 0.15) is 0 Å². The highest BCUT2D eigenvalue weighted by molar-refractivity contribution is 6.25. The molecule has 0 aliphatic heterocycles. The van der Waals surface area contributed by atoms with Crippen molar-refractivity contribution in [2.45, 2.75) is 20.0 Å². The second kappa shape index (κ2) is 4.60. The van der Waals surface area contributed by atoms with Gasteiger partial charge in [0.25, 0.3) is 0 Å². The molecule has 0 fully saturated rings. The first-order chi connectivity index (χ1) is 9.56. The maximum absolute atomic E-state index is 12.4. The van der Waals surface area contributed by atoms with Crippen molar-refractivity contribution in [3.05, 3.63) is 59.4 Å². The Kier molecular flexibility index (Phi) is 2.90. The average molecular weight is 266 g/mol. The summed E-state index contributed by atoms with van der Waals surface area (Å²) in [5, 5.41) is 1.90. The van der Waals surface area contributed by atoms with Crippen LogP contribution in [0.5, 0.6) is 0 Å².